The molecule has 5 heteroatoms. The lowest BCUT2D eigenvalue weighted by molar-refractivity contribution is 0.341. The molecule has 0 saturated heterocycles. The Morgan fingerprint density at radius 1 is 1.50 bits per heavy atom. The van der Waals surface area contributed by atoms with Crippen molar-refractivity contribution in [2.45, 2.75) is 6.92 Å². The van der Waals surface area contributed by atoms with Crippen molar-refractivity contribution in [1.29, 1.82) is 5.26 Å². The second kappa shape index (κ2) is 5.12. The van der Waals surface area contributed by atoms with E-state index in [1.54, 1.807) is 4.90 Å². The molecule has 0 heterocycles. The molecule has 4 nitrogen and oxygen atoms in total. The number of nitrogens with zero attached hydrogens (tertiary/aromatic N) is 2. The van der Waals surface area contributed by atoms with Crippen LogP contribution in [-0.4, -0.2) is 45.0 Å². The largest absolute Gasteiger partial charge is 0.290 e. The normalized spacial score (nSPS) is 11.5. The minimum atomic E-state index is -2.90. The first kappa shape index (κ1) is 11.4. The summed E-state index contributed by atoms with van der Waals surface area (Å²) < 4.78 is 21.5. The third-order valence-electron chi connectivity index (χ3n) is 1.52. The molecule has 0 rings (SSSR count). The smallest absolute Gasteiger partial charge is 0.148 e. The highest BCUT2D eigenvalue weighted by Crippen LogP contribution is 1.89. The lowest BCUT2D eigenvalue weighted by Gasteiger charge is -2.14. The summed E-state index contributed by atoms with van der Waals surface area (Å²) in [6, 6.07) is 1.99. The third-order valence-corrected chi connectivity index (χ3v) is 2.44. The maximum Gasteiger partial charge on any atom is 0.148 e. The van der Waals surface area contributed by atoms with Gasteiger partial charge in [0.2, 0.25) is 0 Å². The van der Waals surface area contributed by atoms with E-state index in [9.17, 15) is 8.42 Å². The molecule has 70 valence electrons. The van der Waals surface area contributed by atoms with Crippen molar-refractivity contribution < 1.29 is 8.42 Å². The molecule has 0 aliphatic heterocycles. The molecule has 0 N–H and O–H groups in total. The van der Waals surface area contributed by atoms with Crippen LogP contribution < -0.4 is 0 Å². The molecule has 0 atom stereocenters. The molecule has 0 unspecified atom stereocenters. The van der Waals surface area contributed by atoms with Gasteiger partial charge in [-0.25, -0.2) is 8.42 Å². The van der Waals surface area contributed by atoms with Crippen molar-refractivity contribution >= 4 is 9.84 Å². The summed E-state index contributed by atoms with van der Waals surface area (Å²) in [5, 5.41) is 8.36. The lowest BCUT2D eigenvalue weighted by Crippen LogP contribution is -2.29. The van der Waals surface area contributed by atoms with Gasteiger partial charge in [0, 0.05) is 12.8 Å². The molecular formula is C7H14N2O2S. The van der Waals surface area contributed by atoms with Gasteiger partial charge in [0.15, 0.2) is 0 Å². The van der Waals surface area contributed by atoms with E-state index in [2.05, 4.69) is 0 Å². The topological polar surface area (TPSA) is 61.2 Å². The van der Waals surface area contributed by atoms with Gasteiger partial charge in [0.1, 0.15) is 9.84 Å². The van der Waals surface area contributed by atoms with Crippen molar-refractivity contribution in [3.63, 3.8) is 0 Å². The van der Waals surface area contributed by atoms with E-state index in [4.69, 9.17) is 5.26 Å². The van der Waals surface area contributed by atoms with Gasteiger partial charge in [-0.1, -0.05) is 6.92 Å². The van der Waals surface area contributed by atoms with Crippen LogP contribution in [0.3, 0.4) is 0 Å². The molecule has 0 aromatic carbocycles. The molecule has 0 aliphatic rings. The Morgan fingerprint density at radius 2 is 2.08 bits per heavy atom. The predicted molar refractivity (Wildman–Crippen MR) is 47.4 cm³/mol. The average Bonchev–Trinajstić information content (AvgIpc) is 1.96. The van der Waals surface area contributed by atoms with Gasteiger partial charge in [-0.3, -0.25) is 4.90 Å². The van der Waals surface area contributed by atoms with Crippen molar-refractivity contribution in [1.82, 2.24) is 4.90 Å². The fourth-order valence-corrected chi connectivity index (χ4v) is 1.33. The van der Waals surface area contributed by atoms with Crippen LogP contribution >= 0.6 is 0 Å². The number of hydrogen-bond acceptors (Lipinski definition) is 4. The Hall–Kier alpha value is -0.600. The zero-order valence-electron chi connectivity index (χ0n) is 7.45. The standard InChI is InChI=1S/C7H14N2O2S/c1-3-9(5-4-8)6-7-12(2,10)11/h3,5-7H2,1-2H3. The van der Waals surface area contributed by atoms with Crippen molar-refractivity contribution in [3.05, 3.63) is 0 Å². The quantitative estimate of drug-likeness (QED) is 0.567. The number of hydrogen-bond donors (Lipinski definition) is 0. The van der Waals surface area contributed by atoms with E-state index < -0.39 is 9.84 Å². The first-order valence-corrected chi connectivity index (χ1v) is 5.82. The Kier molecular flexibility index (Phi) is 4.86. The highest BCUT2D eigenvalue weighted by atomic mass is 32.2. The van der Waals surface area contributed by atoms with Crippen molar-refractivity contribution in [2.24, 2.45) is 0 Å². The van der Waals surface area contributed by atoms with Crippen LogP contribution in [0.2, 0.25) is 0 Å². The minimum absolute atomic E-state index is 0.127. The van der Waals surface area contributed by atoms with Crippen LogP contribution in [0.5, 0.6) is 0 Å². The summed E-state index contributed by atoms with van der Waals surface area (Å²) >= 11 is 0. The molecule has 0 aromatic rings. The number of rotatable bonds is 5. The maximum absolute atomic E-state index is 10.7. The summed E-state index contributed by atoms with van der Waals surface area (Å²) in [7, 11) is -2.90. The second-order valence-corrected chi connectivity index (χ2v) is 4.92. The first-order valence-electron chi connectivity index (χ1n) is 3.76. The van der Waals surface area contributed by atoms with Crippen LogP contribution in [0.4, 0.5) is 0 Å². The third kappa shape index (κ3) is 6.13. The van der Waals surface area contributed by atoms with Crippen molar-refractivity contribution in [3.8, 4) is 6.07 Å². The van der Waals surface area contributed by atoms with Gasteiger partial charge < -0.3 is 0 Å². The summed E-state index contributed by atoms with van der Waals surface area (Å²) in [6.45, 7) is 3.36. The molecule has 0 aromatic heterocycles. The molecule has 0 saturated carbocycles. The zero-order chi connectivity index (χ0) is 9.61. The summed E-state index contributed by atoms with van der Waals surface area (Å²) in [5.74, 6) is 0.127. The molecular weight excluding hydrogens is 176 g/mol. The minimum Gasteiger partial charge on any atom is -0.290 e. The van der Waals surface area contributed by atoms with Crippen LogP contribution in [-0.2, 0) is 9.84 Å². The van der Waals surface area contributed by atoms with Crippen molar-refractivity contribution in [2.75, 3.05) is 31.6 Å². The van der Waals surface area contributed by atoms with Crippen LogP contribution in [0.25, 0.3) is 0 Å². The molecule has 0 bridgehead atoms. The Labute approximate surface area is 73.7 Å². The maximum atomic E-state index is 10.7. The molecule has 12 heavy (non-hydrogen) atoms. The van der Waals surface area contributed by atoms with Gasteiger partial charge in [0.25, 0.3) is 0 Å². The fraction of sp³-hybridized carbons (Fsp3) is 0.857. The van der Waals surface area contributed by atoms with Gasteiger partial charge >= 0.3 is 0 Å². The molecule has 0 aliphatic carbocycles. The average molecular weight is 190 g/mol. The molecule has 0 spiro atoms. The number of sulfone groups is 1. The Bertz CT molecular complexity index is 253. The van der Waals surface area contributed by atoms with E-state index in [0.717, 1.165) is 0 Å². The van der Waals surface area contributed by atoms with Crippen LogP contribution in [0, 0.1) is 11.3 Å². The highest BCUT2D eigenvalue weighted by molar-refractivity contribution is 7.90. The fourth-order valence-electron chi connectivity index (χ4n) is 0.744. The highest BCUT2D eigenvalue weighted by Gasteiger charge is 2.06. The van der Waals surface area contributed by atoms with Gasteiger partial charge in [-0.05, 0) is 6.54 Å². The second-order valence-electron chi connectivity index (χ2n) is 2.66. The monoisotopic (exact) mass is 190 g/mol. The van der Waals surface area contributed by atoms with E-state index in [1.165, 1.54) is 6.26 Å². The molecule has 0 radical (unpaired) electrons. The van der Waals surface area contributed by atoms with Crippen LogP contribution in [0.15, 0.2) is 0 Å². The number of nitriles is 1. The SMILES string of the molecule is CCN(CC#N)CCS(C)(=O)=O. The summed E-state index contributed by atoms with van der Waals surface area (Å²) in [4.78, 5) is 1.79. The van der Waals surface area contributed by atoms with Gasteiger partial charge in [-0.2, -0.15) is 5.26 Å². The van der Waals surface area contributed by atoms with Gasteiger partial charge in [0.05, 0.1) is 18.4 Å². The molecule has 0 fully saturated rings. The molecule has 0 amide bonds. The lowest BCUT2D eigenvalue weighted by atomic mass is 10.5. The Balaban J connectivity index is 3.83. The van der Waals surface area contributed by atoms with E-state index in [0.29, 0.717) is 19.6 Å². The summed E-state index contributed by atoms with van der Waals surface area (Å²) in [6.07, 6.45) is 1.20. The zero-order valence-corrected chi connectivity index (χ0v) is 8.26. The Morgan fingerprint density at radius 3 is 2.42 bits per heavy atom. The van der Waals surface area contributed by atoms with E-state index >= 15 is 0 Å². The van der Waals surface area contributed by atoms with E-state index in [1.807, 2.05) is 13.0 Å². The van der Waals surface area contributed by atoms with Crippen LogP contribution in [0.1, 0.15) is 6.92 Å². The van der Waals surface area contributed by atoms with E-state index in [-0.39, 0.29) is 5.75 Å². The predicted octanol–water partition coefficient (Wildman–Crippen LogP) is -0.124. The summed E-state index contributed by atoms with van der Waals surface area (Å²) in [5.41, 5.74) is 0. The van der Waals surface area contributed by atoms with Gasteiger partial charge in [-0.15, -0.1) is 0 Å². The first-order chi connectivity index (χ1) is 5.49.